The Morgan fingerprint density at radius 1 is 1.29 bits per heavy atom. The summed E-state index contributed by atoms with van der Waals surface area (Å²) >= 11 is 0. The van der Waals surface area contributed by atoms with E-state index in [-0.39, 0.29) is 6.54 Å². The van der Waals surface area contributed by atoms with E-state index in [2.05, 4.69) is 5.32 Å². The third-order valence-corrected chi connectivity index (χ3v) is 2.48. The van der Waals surface area contributed by atoms with E-state index in [4.69, 9.17) is 15.2 Å². The van der Waals surface area contributed by atoms with Crippen LogP contribution in [0.15, 0.2) is 24.3 Å². The molecule has 1 rings (SSSR count). The molecular weight excluding hydrogens is 272 g/mol. The maximum absolute atomic E-state index is 11.9. The summed E-state index contributed by atoms with van der Waals surface area (Å²) in [4.78, 5) is 23.4. The molecule has 6 nitrogen and oxygen atoms in total. The Kier molecular flexibility index (Phi) is 5.58. The minimum Gasteiger partial charge on any atom is -0.444 e. The van der Waals surface area contributed by atoms with Crippen molar-refractivity contribution in [2.24, 2.45) is 5.92 Å². The smallest absolute Gasteiger partial charge is 0.407 e. The normalized spacial score (nSPS) is 12.4. The zero-order valence-corrected chi connectivity index (χ0v) is 12.8. The second kappa shape index (κ2) is 6.97. The van der Waals surface area contributed by atoms with Crippen molar-refractivity contribution in [3.63, 3.8) is 0 Å². The highest BCUT2D eigenvalue weighted by molar-refractivity contribution is 5.77. The number of carbonyl (C=O) groups excluding carboxylic acids is 2. The first-order chi connectivity index (χ1) is 9.69. The van der Waals surface area contributed by atoms with Gasteiger partial charge in [-0.25, -0.2) is 4.79 Å². The van der Waals surface area contributed by atoms with Gasteiger partial charge in [-0.1, -0.05) is 19.1 Å². The summed E-state index contributed by atoms with van der Waals surface area (Å²) in [6.07, 6.45) is -0.568. The fraction of sp³-hybridized carbons (Fsp3) is 0.467. The van der Waals surface area contributed by atoms with Gasteiger partial charge in [-0.15, -0.1) is 0 Å². The van der Waals surface area contributed by atoms with Crippen LogP contribution in [0.4, 0.5) is 10.5 Å². The molecule has 0 unspecified atom stereocenters. The number of hydrogen-bond acceptors (Lipinski definition) is 5. The molecular formula is C15H22N2O4. The number of amides is 1. The van der Waals surface area contributed by atoms with E-state index < -0.39 is 23.6 Å². The van der Waals surface area contributed by atoms with Crippen LogP contribution in [0.5, 0.6) is 5.75 Å². The summed E-state index contributed by atoms with van der Waals surface area (Å²) in [6.45, 7) is 7.08. The van der Waals surface area contributed by atoms with Crippen molar-refractivity contribution in [1.82, 2.24) is 5.32 Å². The Hall–Kier alpha value is -2.24. The Bertz CT molecular complexity index is 509. The molecule has 0 heterocycles. The second-order valence-corrected chi connectivity index (χ2v) is 5.74. The van der Waals surface area contributed by atoms with E-state index in [9.17, 15) is 9.59 Å². The first-order valence-electron chi connectivity index (χ1n) is 6.72. The summed E-state index contributed by atoms with van der Waals surface area (Å²) in [6, 6.07) is 6.73. The van der Waals surface area contributed by atoms with E-state index >= 15 is 0 Å². The van der Waals surface area contributed by atoms with Crippen LogP contribution in [0.2, 0.25) is 0 Å². The van der Waals surface area contributed by atoms with Crippen LogP contribution in [0.25, 0.3) is 0 Å². The zero-order valence-electron chi connectivity index (χ0n) is 12.8. The summed E-state index contributed by atoms with van der Waals surface area (Å²) in [5.41, 5.74) is 5.50. The van der Waals surface area contributed by atoms with Gasteiger partial charge in [0.25, 0.3) is 0 Å². The number of carbonyl (C=O) groups is 2. The van der Waals surface area contributed by atoms with Crippen LogP contribution < -0.4 is 15.8 Å². The molecule has 0 bridgehead atoms. The lowest BCUT2D eigenvalue weighted by molar-refractivity contribution is -0.138. The van der Waals surface area contributed by atoms with Crippen LogP contribution in [0.3, 0.4) is 0 Å². The Morgan fingerprint density at radius 3 is 2.48 bits per heavy atom. The molecule has 6 heteroatoms. The van der Waals surface area contributed by atoms with Gasteiger partial charge in [0.2, 0.25) is 0 Å². The second-order valence-electron chi connectivity index (χ2n) is 5.74. The molecule has 3 N–H and O–H groups in total. The lowest BCUT2D eigenvalue weighted by atomic mass is 10.2. The topological polar surface area (TPSA) is 90.6 Å². The van der Waals surface area contributed by atoms with E-state index in [0.717, 1.165) is 0 Å². The highest BCUT2D eigenvalue weighted by Gasteiger charge is 2.20. The van der Waals surface area contributed by atoms with Gasteiger partial charge < -0.3 is 20.5 Å². The summed E-state index contributed by atoms with van der Waals surface area (Å²) in [5, 5.41) is 2.53. The average molecular weight is 294 g/mol. The number of para-hydroxylation sites is 2. The summed E-state index contributed by atoms with van der Waals surface area (Å²) < 4.78 is 10.3. The fourth-order valence-corrected chi connectivity index (χ4v) is 1.42. The molecule has 21 heavy (non-hydrogen) atoms. The van der Waals surface area contributed by atoms with E-state index in [1.807, 2.05) is 0 Å². The number of nitrogen functional groups attached to an aromatic ring is 1. The van der Waals surface area contributed by atoms with Gasteiger partial charge in [0, 0.05) is 6.54 Å². The molecule has 1 aromatic carbocycles. The molecule has 0 spiro atoms. The van der Waals surface area contributed by atoms with Gasteiger partial charge >= 0.3 is 12.1 Å². The number of nitrogens with two attached hydrogens (primary N) is 1. The molecule has 0 saturated heterocycles. The largest absolute Gasteiger partial charge is 0.444 e. The Balaban J connectivity index is 2.45. The molecule has 0 saturated carbocycles. The number of alkyl carbamates (subject to hydrolysis) is 1. The quantitative estimate of drug-likeness (QED) is 0.505. The predicted molar refractivity (Wildman–Crippen MR) is 79.9 cm³/mol. The molecule has 0 radical (unpaired) electrons. The van der Waals surface area contributed by atoms with Crippen molar-refractivity contribution < 1.29 is 19.1 Å². The number of esters is 1. The van der Waals surface area contributed by atoms with Crippen molar-refractivity contribution >= 4 is 17.7 Å². The van der Waals surface area contributed by atoms with Crippen molar-refractivity contribution in [3.8, 4) is 5.75 Å². The van der Waals surface area contributed by atoms with Crippen LogP contribution >= 0.6 is 0 Å². The van der Waals surface area contributed by atoms with E-state index in [0.29, 0.717) is 11.4 Å². The lowest BCUT2D eigenvalue weighted by Crippen LogP contribution is -2.37. The van der Waals surface area contributed by atoms with E-state index in [1.54, 1.807) is 52.0 Å². The maximum atomic E-state index is 11.9. The molecule has 0 aromatic heterocycles. The van der Waals surface area contributed by atoms with Crippen LogP contribution in [0.1, 0.15) is 27.7 Å². The van der Waals surface area contributed by atoms with Gasteiger partial charge in [0.15, 0.2) is 5.75 Å². The fourth-order valence-electron chi connectivity index (χ4n) is 1.42. The number of benzene rings is 1. The van der Waals surface area contributed by atoms with Crippen LogP contribution in [-0.2, 0) is 9.53 Å². The molecule has 1 atom stereocenters. The Labute approximate surface area is 124 Å². The number of rotatable bonds is 4. The molecule has 1 amide bonds. The standard InChI is InChI=1S/C15H22N2O4/c1-10(9-17-14(19)21-15(2,3)4)13(18)20-12-8-6-5-7-11(12)16/h5-8,10H,9,16H2,1-4H3,(H,17,19)/t10-/m0/s1. The number of ether oxygens (including phenoxy) is 2. The molecule has 0 aliphatic heterocycles. The SMILES string of the molecule is C[C@@H](CNC(=O)OC(C)(C)C)C(=O)Oc1ccccc1N. The van der Waals surface area contributed by atoms with Gasteiger partial charge in [0.1, 0.15) is 5.60 Å². The van der Waals surface area contributed by atoms with Crippen molar-refractivity contribution in [3.05, 3.63) is 24.3 Å². The van der Waals surface area contributed by atoms with E-state index in [1.165, 1.54) is 0 Å². The number of nitrogens with one attached hydrogen (secondary N) is 1. The average Bonchev–Trinajstić information content (AvgIpc) is 2.36. The number of anilines is 1. The third-order valence-electron chi connectivity index (χ3n) is 2.48. The molecule has 0 fully saturated rings. The molecule has 0 aliphatic rings. The van der Waals surface area contributed by atoms with Crippen LogP contribution in [0, 0.1) is 5.92 Å². The minimum atomic E-state index is -0.577. The monoisotopic (exact) mass is 294 g/mol. The highest BCUT2D eigenvalue weighted by Crippen LogP contribution is 2.20. The van der Waals surface area contributed by atoms with Gasteiger partial charge in [-0.05, 0) is 32.9 Å². The maximum Gasteiger partial charge on any atom is 0.407 e. The molecule has 0 aliphatic carbocycles. The van der Waals surface area contributed by atoms with Crippen molar-refractivity contribution in [1.29, 1.82) is 0 Å². The Morgan fingerprint density at radius 2 is 1.90 bits per heavy atom. The van der Waals surface area contributed by atoms with Crippen LogP contribution in [-0.4, -0.2) is 24.2 Å². The summed E-state index contributed by atoms with van der Waals surface area (Å²) in [7, 11) is 0. The highest BCUT2D eigenvalue weighted by atomic mass is 16.6. The van der Waals surface area contributed by atoms with Gasteiger partial charge in [0.05, 0.1) is 11.6 Å². The van der Waals surface area contributed by atoms with Crippen molar-refractivity contribution in [2.75, 3.05) is 12.3 Å². The number of hydrogen-bond donors (Lipinski definition) is 2. The first kappa shape index (κ1) is 16.8. The summed E-state index contributed by atoms with van der Waals surface area (Å²) in [5.74, 6) is -0.673. The molecule has 1 aromatic rings. The zero-order chi connectivity index (χ0) is 16.0. The first-order valence-corrected chi connectivity index (χ1v) is 6.72. The lowest BCUT2D eigenvalue weighted by Gasteiger charge is -2.20. The van der Waals surface area contributed by atoms with Gasteiger partial charge in [-0.3, -0.25) is 4.79 Å². The van der Waals surface area contributed by atoms with Gasteiger partial charge in [-0.2, -0.15) is 0 Å². The third kappa shape index (κ3) is 6.16. The molecule has 116 valence electrons. The predicted octanol–water partition coefficient (Wildman–Crippen LogP) is 2.33. The van der Waals surface area contributed by atoms with Crippen molar-refractivity contribution in [2.45, 2.75) is 33.3 Å². The minimum absolute atomic E-state index is 0.125.